The molecule has 5 rings (SSSR count). The predicted octanol–water partition coefficient (Wildman–Crippen LogP) is 7.37. The first kappa shape index (κ1) is 31.9. The van der Waals surface area contributed by atoms with E-state index in [-0.39, 0.29) is 5.91 Å². The molecule has 3 aromatic carbocycles. The molecule has 1 aliphatic rings. The molecule has 2 heterocycles. The molecule has 1 amide bonds. The highest BCUT2D eigenvalue weighted by molar-refractivity contribution is 7.99. The van der Waals surface area contributed by atoms with Crippen LogP contribution in [0, 0.1) is 0 Å². The third-order valence-corrected chi connectivity index (χ3v) is 7.82. The van der Waals surface area contributed by atoms with Crippen LogP contribution >= 0.6 is 23.4 Å². The minimum Gasteiger partial charge on any atom is -0.388 e. The highest BCUT2D eigenvalue weighted by Gasteiger charge is 2.11. The van der Waals surface area contributed by atoms with E-state index in [2.05, 4.69) is 48.3 Å². The number of hydrogen-bond acceptors (Lipinski definition) is 9. The Labute approximate surface area is 262 Å². The number of carbonyl (C=O) groups is 1. The van der Waals surface area contributed by atoms with Crippen molar-refractivity contribution < 1.29 is 9.53 Å². The van der Waals surface area contributed by atoms with Crippen LogP contribution in [0.25, 0.3) is 0 Å². The number of anilines is 6. The molecule has 0 aliphatic carbocycles. The number of hydrogen-bond donors (Lipinski definition) is 4. The summed E-state index contributed by atoms with van der Waals surface area (Å²) in [5.74, 6) is 0.403. The van der Waals surface area contributed by atoms with Crippen LogP contribution in [0.5, 0.6) is 0 Å². The van der Waals surface area contributed by atoms with Gasteiger partial charge in [-0.3, -0.25) is 4.79 Å². The maximum Gasteiger partial charge on any atom is 0.228 e. The second kappa shape index (κ2) is 16.6. The number of aromatic nitrogens is 2. The van der Waals surface area contributed by atoms with E-state index in [1.165, 1.54) is 17.4 Å². The van der Waals surface area contributed by atoms with Gasteiger partial charge >= 0.3 is 0 Å². The minimum absolute atomic E-state index is 0.0554. The molecule has 0 saturated carbocycles. The summed E-state index contributed by atoms with van der Waals surface area (Å²) in [5.41, 5.74) is 4.80. The van der Waals surface area contributed by atoms with Crippen molar-refractivity contribution in [1.82, 2.24) is 9.97 Å². The Bertz CT molecular complexity index is 1430. The summed E-state index contributed by atoms with van der Waals surface area (Å²) in [7, 11) is 1.88. The van der Waals surface area contributed by atoms with Crippen LogP contribution in [0.2, 0.25) is 5.02 Å². The molecule has 4 aromatic rings. The van der Waals surface area contributed by atoms with E-state index in [4.69, 9.17) is 16.3 Å². The van der Waals surface area contributed by atoms with Gasteiger partial charge in [0.15, 0.2) is 0 Å². The zero-order valence-corrected chi connectivity index (χ0v) is 26.3. The van der Waals surface area contributed by atoms with Gasteiger partial charge in [-0.2, -0.15) is 0 Å². The topological polar surface area (TPSA) is 103 Å². The molecule has 1 aromatic heterocycles. The standard InChI is InChI=1S/C30H32ClN7O2S.C2H6/c1-32-21-2-4-24(5-3-21)36-30-34-20-27(31)29(37-30)41-26-12-8-23(9-13-26)35-28(39)14-15-33-22-6-10-25(11-7-22)38-16-18-40-19-17-38;1-2/h2-13,20,32-33H,14-19H2,1H3,(H,35,39)(H,34,36,37);1-2H3. The lowest BCUT2D eigenvalue weighted by molar-refractivity contribution is -0.115. The summed E-state index contributed by atoms with van der Waals surface area (Å²) in [6, 6.07) is 23.7. The third-order valence-electron chi connectivity index (χ3n) is 6.42. The van der Waals surface area contributed by atoms with Crippen LogP contribution in [-0.4, -0.2) is 55.8 Å². The van der Waals surface area contributed by atoms with Gasteiger partial charge in [0.05, 0.1) is 24.4 Å². The fourth-order valence-electron chi connectivity index (χ4n) is 4.21. The Balaban J connectivity index is 0.00000207. The van der Waals surface area contributed by atoms with Gasteiger partial charge in [-0.15, -0.1) is 0 Å². The van der Waals surface area contributed by atoms with E-state index in [0.717, 1.165) is 53.9 Å². The van der Waals surface area contributed by atoms with E-state index >= 15 is 0 Å². The van der Waals surface area contributed by atoms with E-state index < -0.39 is 0 Å². The number of ether oxygens (including phenoxy) is 1. The highest BCUT2D eigenvalue weighted by Crippen LogP contribution is 2.33. The average Bonchev–Trinajstić information content (AvgIpc) is 3.05. The molecular formula is C32H38ClN7O2S. The van der Waals surface area contributed by atoms with Gasteiger partial charge in [0.25, 0.3) is 0 Å². The number of benzene rings is 3. The largest absolute Gasteiger partial charge is 0.388 e. The van der Waals surface area contributed by atoms with Crippen molar-refractivity contribution in [2.45, 2.75) is 30.2 Å². The molecule has 226 valence electrons. The van der Waals surface area contributed by atoms with Crippen molar-refractivity contribution in [1.29, 1.82) is 0 Å². The number of nitrogens with zero attached hydrogens (tertiary/aromatic N) is 3. The third kappa shape index (κ3) is 9.77. The maximum absolute atomic E-state index is 12.5. The van der Waals surface area contributed by atoms with Gasteiger partial charge in [-0.05, 0) is 72.8 Å². The minimum atomic E-state index is -0.0554. The van der Waals surface area contributed by atoms with Crippen LogP contribution in [0.4, 0.5) is 34.4 Å². The number of amides is 1. The molecule has 0 radical (unpaired) electrons. The Kier molecular flexibility index (Phi) is 12.3. The van der Waals surface area contributed by atoms with Crippen molar-refractivity contribution in [2.24, 2.45) is 0 Å². The van der Waals surface area contributed by atoms with Crippen LogP contribution in [0.1, 0.15) is 20.3 Å². The molecule has 0 atom stereocenters. The van der Waals surface area contributed by atoms with Crippen molar-refractivity contribution in [3.63, 3.8) is 0 Å². The highest BCUT2D eigenvalue weighted by atomic mass is 35.5. The molecule has 1 fully saturated rings. The Hall–Kier alpha value is -3.99. The first-order valence-electron chi connectivity index (χ1n) is 14.4. The second-order valence-electron chi connectivity index (χ2n) is 9.30. The van der Waals surface area contributed by atoms with Gasteiger partial charge in [0, 0.05) is 66.4 Å². The molecule has 0 bridgehead atoms. The van der Waals surface area contributed by atoms with E-state index in [0.29, 0.717) is 29.0 Å². The molecule has 1 aliphatic heterocycles. The number of nitrogens with one attached hydrogen (secondary N) is 4. The first-order chi connectivity index (χ1) is 21.1. The number of halogens is 1. The summed E-state index contributed by atoms with van der Waals surface area (Å²) < 4.78 is 5.42. The Morgan fingerprint density at radius 3 is 2.21 bits per heavy atom. The number of carbonyl (C=O) groups excluding carboxylic acids is 1. The molecular weight excluding hydrogens is 582 g/mol. The predicted molar refractivity (Wildman–Crippen MR) is 179 cm³/mol. The summed E-state index contributed by atoms with van der Waals surface area (Å²) in [5, 5.41) is 13.7. The van der Waals surface area contributed by atoms with Crippen LogP contribution < -0.4 is 26.2 Å². The van der Waals surface area contributed by atoms with Crippen molar-refractivity contribution >= 4 is 63.7 Å². The molecule has 1 saturated heterocycles. The summed E-state index contributed by atoms with van der Waals surface area (Å²) in [6.45, 7) is 7.88. The molecule has 4 N–H and O–H groups in total. The van der Waals surface area contributed by atoms with Gasteiger partial charge in [0.2, 0.25) is 11.9 Å². The fraction of sp³-hybridized carbons (Fsp3) is 0.281. The van der Waals surface area contributed by atoms with Crippen LogP contribution in [-0.2, 0) is 9.53 Å². The van der Waals surface area contributed by atoms with Gasteiger partial charge in [-0.25, -0.2) is 9.97 Å². The second-order valence-corrected chi connectivity index (χ2v) is 10.8. The lowest BCUT2D eigenvalue weighted by Crippen LogP contribution is -2.36. The lowest BCUT2D eigenvalue weighted by atomic mass is 10.2. The van der Waals surface area contributed by atoms with Crippen LogP contribution in [0.3, 0.4) is 0 Å². The maximum atomic E-state index is 12.5. The Morgan fingerprint density at radius 1 is 0.907 bits per heavy atom. The first-order valence-corrected chi connectivity index (χ1v) is 15.6. The smallest absolute Gasteiger partial charge is 0.228 e. The van der Waals surface area contributed by atoms with Crippen molar-refractivity contribution in [3.8, 4) is 0 Å². The fourth-order valence-corrected chi connectivity index (χ4v) is 5.19. The zero-order valence-electron chi connectivity index (χ0n) is 24.7. The van der Waals surface area contributed by atoms with Gasteiger partial charge < -0.3 is 30.9 Å². The Morgan fingerprint density at radius 2 is 1.53 bits per heavy atom. The molecule has 9 nitrogen and oxygen atoms in total. The molecule has 11 heteroatoms. The normalized spacial score (nSPS) is 12.5. The molecule has 0 spiro atoms. The van der Waals surface area contributed by atoms with E-state index in [1.54, 1.807) is 6.20 Å². The quantitative estimate of drug-likeness (QED) is 0.128. The van der Waals surface area contributed by atoms with Crippen molar-refractivity contribution in [2.75, 3.05) is 66.1 Å². The van der Waals surface area contributed by atoms with E-state index in [9.17, 15) is 4.79 Å². The van der Waals surface area contributed by atoms with Crippen LogP contribution in [0.15, 0.2) is 88.9 Å². The summed E-state index contributed by atoms with van der Waals surface area (Å²) in [6.07, 6.45) is 1.94. The molecule has 0 unspecified atom stereocenters. The molecule has 43 heavy (non-hydrogen) atoms. The van der Waals surface area contributed by atoms with Gasteiger partial charge in [-0.1, -0.05) is 37.2 Å². The van der Waals surface area contributed by atoms with Gasteiger partial charge in [0.1, 0.15) is 5.03 Å². The zero-order chi connectivity index (χ0) is 30.4. The summed E-state index contributed by atoms with van der Waals surface area (Å²) in [4.78, 5) is 24.6. The summed E-state index contributed by atoms with van der Waals surface area (Å²) >= 11 is 7.80. The van der Waals surface area contributed by atoms with E-state index in [1.807, 2.05) is 81.6 Å². The monoisotopic (exact) mass is 619 g/mol. The van der Waals surface area contributed by atoms with Crippen molar-refractivity contribution in [3.05, 3.63) is 84.0 Å². The SMILES string of the molecule is CC.CNc1ccc(Nc2ncc(Cl)c(Sc3ccc(NC(=O)CCNc4ccc(N5CCOCC5)cc4)cc3)n2)cc1. The average molecular weight is 620 g/mol. The lowest BCUT2D eigenvalue weighted by Gasteiger charge is -2.28. The number of rotatable bonds is 11. The number of morpholine rings is 1.